The molecule has 0 spiro atoms. The quantitative estimate of drug-likeness (QED) is 0.614. The number of amides is 1. The number of carbonyl (C=O) groups is 2. The van der Waals surface area contributed by atoms with Gasteiger partial charge in [0.05, 0.1) is 0 Å². The van der Waals surface area contributed by atoms with E-state index in [0.717, 1.165) is 6.08 Å². The number of carbonyl (C=O) groups excluding carboxylic acids is 2. The van der Waals surface area contributed by atoms with E-state index < -0.39 is 24.8 Å². The van der Waals surface area contributed by atoms with Crippen LogP contribution >= 0.6 is 11.6 Å². The summed E-state index contributed by atoms with van der Waals surface area (Å²) >= 11 is 5.83. The highest BCUT2D eigenvalue weighted by molar-refractivity contribution is 6.30. The predicted molar refractivity (Wildman–Crippen MR) is 92.7 cm³/mol. The summed E-state index contributed by atoms with van der Waals surface area (Å²) < 4.78 is 39.3. The Morgan fingerprint density at radius 1 is 1.15 bits per heavy atom. The molecule has 0 radical (unpaired) electrons. The Balaban J connectivity index is 1.49. The van der Waals surface area contributed by atoms with Crippen molar-refractivity contribution in [1.29, 1.82) is 0 Å². The number of hydrogen-bond donors (Lipinski definition) is 1. The molecule has 1 N–H and O–H groups in total. The summed E-state index contributed by atoms with van der Waals surface area (Å²) in [6, 6.07) is 10.6. The second-order valence-electron chi connectivity index (χ2n) is 5.37. The number of nitrogens with one attached hydrogen (secondary N) is 1. The molecule has 3 rings (SSSR count). The summed E-state index contributed by atoms with van der Waals surface area (Å²) in [4.78, 5) is 23.5. The number of alkyl halides is 2. The van der Waals surface area contributed by atoms with Crippen molar-refractivity contribution in [3.05, 3.63) is 59.1 Å². The standard InChI is InChI=1S/C18H12ClF2NO5/c19-12-3-1-2-11(8-12)4-7-17(24)25-10-16(23)22-13-5-6-14-15(9-13)27-18(20,21)26-14/h1-9H,10H2,(H,22,23)/b7-4+. The number of benzene rings is 2. The van der Waals surface area contributed by atoms with E-state index in [9.17, 15) is 18.4 Å². The molecule has 2 aromatic carbocycles. The smallest absolute Gasteiger partial charge is 0.452 e. The van der Waals surface area contributed by atoms with Crippen LogP contribution in [0, 0.1) is 0 Å². The number of esters is 1. The molecule has 0 aromatic heterocycles. The summed E-state index contributed by atoms with van der Waals surface area (Å²) in [6.07, 6.45) is -1.10. The molecule has 27 heavy (non-hydrogen) atoms. The van der Waals surface area contributed by atoms with Gasteiger partial charge in [0.2, 0.25) is 0 Å². The van der Waals surface area contributed by atoms with Crippen LogP contribution in [0.25, 0.3) is 6.08 Å². The molecule has 2 aromatic rings. The van der Waals surface area contributed by atoms with Crippen molar-refractivity contribution in [2.75, 3.05) is 11.9 Å². The third-order valence-corrected chi connectivity index (χ3v) is 3.53. The van der Waals surface area contributed by atoms with Crippen LogP contribution in [-0.2, 0) is 14.3 Å². The van der Waals surface area contributed by atoms with Crippen LogP contribution in [-0.4, -0.2) is 24.8 Å². The zero-order valence-corrected chi connectivity index (χ0v) is 14.3. The summed E-state index contributed by atoms with van der Waals surface area (Å²) in [7, 11) is 0. The topological polar surface area (TPSA) is 73.9 Å². The van der Waals surface area contributed by atoms with Crippen molar-refractivity contribution in [2.24, 2.45) is 0 Å². The highest BCUT2D eigenvalue weighted by Crippen LogP contribution is 2.42. The van der Waals surface area contributed by atoms with Crippen LogP contribution in [0.5, 0.6) is 11.5 Å². The molecule has 0 fully saturated rings. The van der Waals surface area contributed by atoms with E-state index in [0.29, 0.717) is 10.6 Å². The van der Waals surface area contributed by atoms with Crippen molar-refractivity contribution in [1.82, 2.24) is 0 Å². The highest BCUT2D eigenvalue weighted by Gasteiger charge is 2.43. The summed E-state index contributed by atoms with van der Waals surface area (Å²) in [6.45, 7) is -0.552. The second kappa shape index (κ2) is 7.63. The first-order chi connectivity index (χ1) is 12.8. The molecule has 9 heteroatoms. The van der Waals surface area contributed by atoms with E-state index in [4.69, 9.17) is 16.3 Å². The Labute approximate surface area is 157 Å². The van der Waals surface area contributed by atoms with Crippen LogP contribution < -0.4 is 14.8 Å². The number of hydrogen-bond acceptors (Lipinski definition) is 5. The number of anilines is 1. The maximum Gasteiger partial charge on any atom is 0.586 e. The molecule has 1 aliphatic heterocycles. The summed E-state index contributed by atoms with van der Waals surface area (Å²) in [5, 5.41) is 2.92. The first-order valence-corrected chi connectivity index (χ1v) is 7.99. The number of ether oxygens (including phenoxy) is 3. The van der Waals surface area contributed by atoms with E-state index in [1.54, 1.807) is 24.3 Å². The second-order valence-corrected chi connectivity index (χ2v) is 5.81. The molecule has 0 saturated carbocycles. The SMILES string of the molecule is O=C(COC(=O)/C=C/c1cccc(Cl)c1)Nc1ccc2c(c1)OC(F)(F)O2. The van der Waals surface area contributed by atoms with Gasteiger partial charge in [-0.1, -0.05) is 23.7 Å². The molecule has 0 saturated heterocycles. The van der Waals surface area contributed by atoms with Gasteiger partial charge in [0.25, 0.3) is 5.91 Å². The van der Waals surface area contributed by atoms with Crippen molar-refractivity contribution in [2.45, 2.75) is 6.29 Å². The highest BCUT2D eigenvalue weighted by atomic mass is 35.5. The average Bonchev–Trinajstić information content (AvgIpc) is 2.91. The zero-order valence-electron chi connectivity index (χ0n) is 13.6. The minimum absolute atomic E-state index is 0.143. The summed E-state index contributed by atoms with van der Waals surface area (Å²) in [5.41, 5.74) is 0.881. The fourth-order valence-electron chi connectivity index (χ4n) is 2.18. The van der Waals surface area contributed by atoms with E-state index in [1.807, 2.05) is 0 Å². The van der Waals surface area contributed by atoms with Gasteiger partial charge in [0.15, 0.2) is 18.1 Å². The van der Waals surface area contributed by atoms with Gasteiger partial charge in [-0.05, 0) is 35.9 Å². The average molecular weight is 396 g/mol. The third-order valence-electron chi connectivity index (χ3n) is 3.29. The number of fused-ring (bicyclic) bond motifs is 1. The molecule has 1 amide bonds. The molecule has 6 nitrogen and oxygen atoms in total. The van der Waals surface area contributed by atoms with Gasteiger partial charge >= 0.3 is 12.3 Å². The Morgan fingerprint density at radius 2 is 1.93 bits per heavy atom. The Hall–Kier alpha value is -3.13. The van der Waals surface area contributed by atoms with Crippen molar-refractivity contribution in [3.63, 3.8) is 0 Å². The maximum absolute atomic E-state index is 13.0. The maximum atomic E-state index is 13.0. The van der Waals surface area contributed by atoms with E-state index >= 15 is 0 Å². The molecule has 0 aliphatic carbocycles. The van der Waals surface area contributed by atoms with Crippen molar-refractivity contribution in [3.8, 4) is 11.5 Å². The van der Waals surface area contributed by atoms with Crippen LogP contribution in [0.1, 0.15) is 5.56 Å². The van der Waals surface area contributed by atoms with Gasteiger partial charge in [0.1, 0.15) is 0 Å². The van der Waals surface area contributed by atoms with E-state index in [1.165, 1.54) is 24.3 Å². The summed E-state index contributed by atoms with van der Waals surface area (Å²) in [5.74, 6) is -1.73. The first kappa shape index (κ1) is 18.7. The Morgan fingerprint density at radius 3 is 2.70 bits per heavy atom. The Bertz CT molecular complexity index is 916. The normalized spacial score (nSPS) is 14.2. The number of halogens is 3. The molecule has 1 heterocycles. The molecule has 0 unspecified atom stereocenters. The largest absolute Gasteiger partial charge is 0.586 e. The number of rotatable bonds is 5. The minimum atomic E-state index is -3.74. The van der Waals surface area contributed by atoms with Crippen molar-refractivity contribution < 1.29 is 32.6 Å². The van der Waals surface area contributed by atoms with Gasteiger partial charge in [-0.2, -0.15) is 0 Å². The van der Waals surface area contributed by atoms with Gasteiger partial charge in [-0.3, -0.25) is 4.79 Å². The van der Waals surface area contributed by atoms with Gasteiger partial charge in [0, 0.05) is 22.9 Å². The lowest BCUT2D eigenvalue weighted by Gasteiger charge is -2.06. The van der Waals surface area contributed by atoms with Crippen LogP contribution in [0.15, 0.2) is 48.5 Å². The minimum Gasteiger partial charge on any atom is -0.452 e. The fourth-order valence-corrected chi connectivity index (χ4v) is 2.38. The third kappa shape index (κ3) is 5.18. The van der Waals surface area contributed by atoms with Crippen LogP contribution in [0.4, 0.5) is 14.5 Å². The molecule has 1 aliphatic rings. The van der Waals surface area contributed by atoms with E-state index in [2.05, 4.69) is 14.8 Å². The molecular weight excluding hydrogens is 384 g/mol. The van der Waals surface area contributed by atoms with Crippen LogP contribution in [0.3, 0.4) is 0 Å². The molecule has 0 bridgehead atoms. The molecule has 140 valence electrons. The van der Waals surface area contributed by atoms with Crippen LogP contribution in [0.2, 0.25) is 5.02 Å². The lowest BCUT2D eigenvalue weighted by atomic mass is 10.2. The van der Waals surface area contributed by atoms with E-state index in [-0.39, 0.29) is 17.2 Å². The molecule has 0 atom stereocenters. The van der Waals surface area contributed by atoms with Gasteiger partial charge < -0.3 is 19.5 Å². The monoisotopic (exact) mass is 395 g/mol. The lowest BCUT2D eigenvalue weighted by Crippen LogP contribution is -2.25. The van der Waals surface area contributed by atoms with Gasteiger partial charge in [-0.25, -0.2) is 4.79 Å². The fraction of sp³-hybridized carbons (Fsp3) is 0.111. The van der Waals surface area contributed by atoms with Crippen molar-refractivity contribution >= 4 is 35.2 Å². The first-order valence-electron chi connectivity index (χ1n) is 7.61. The lowest BCUT2D eigenvalue weighted by molar-refractivity contribution is -0.286. The van der Waals surface area contributed by atoms with Gasteiger partial charge in [-0.15, -0.1) is 8.78 Å². The predicted octanol–water partition coefficient (Wildman–Crippen LogP) is 3.86. The zero-order chi connectivity index (χ0) is 19.4. The molecular formula is C18H12ClF2NO5. The Kier molecular flexibility index (Phi) is 5.27.